The number of nitrogens with one attached hydrogen (secondary N) is 1. The molecular weight excluding hydrogens is 328 g/mol. The van der Waals surface area contributed by atoms with Crippen molar-refractivity contribution < 1.29 is 14.3 Å². The van der Waals surface area contributed by atoms with E-state index in [1.807, 2.05) is 50.2 Å². The zero-order valence-corrected chi connectivity index (χ0v) is 14.9. The minimum atomic E-state index is -0.475. The number of ether oxygens (including phenoxy) is 1. The van der Waals surface area contributed by atoms with Crippen molar-refractivity contribution in [2.24, 2.45) is 5.92 Å². The average molecular weight is 350 g/mol. The molecule has 5 heteroatoms. The lowest BCUT2D eigenvalue weighted by molar-refractivity contribution is -0.150. The second-order valence-corrected chi connectivity index (χ2v) is 6.09. The Kier molecular flexibility index (Phi) is 6.92. The number of para-hydroxylation sites is 1. The highest BCUT2D eigenvalue weighted by Crippen LogP contribution is 2.28. The molecule has 26 heavy (non-hydrogen) atoms. The number of amides is 1. The van der Waals surface area contributed by atoms with Crippen molar-refractivity contribution in [3.8, 4) is 6.07 Å². The van der Waals surface area contributed by atoms with Gasteiger partial charge in [-0.15, -0.1) is 0 Å². The molecule has 0 saturated heterocycles. The summed E-state index contributed by atoms with van der Waals surface area (Å²) >= 11 is 0. The van der Waals surface area contributed by atoms with Crippen molar-refractivity contribution in [3.05, 3.63) is 65.7 Å². The molecule has 0 aromatic heterocycles. The van der Waals surface area contributed by atoms with Gasteiger partial charge in [0.2, 0.25) is 0 Å². The topological polar surface area (TPSA) is 79.2 Å². The fraction of sp³-hybridized carbons (Fsp3) is 0.286. The first-order valence-corrected chi connectivity index (χ1v) is 8.57. The van der Waals surface area contributed by atoms with Gasteiger partial charge in [0.25, 0.3) is 5.91 Å². The molecule has 2 aromatic rings. The smallest absolute Gasteiger partial charge is 0.314 e. The Morgan fingerprint density at radius 2 is 1.77 bits per heavy atom. The second-order valence-electron chi connectivity index (χ2n) is 6.09. The van der Waals surface area contributed by atoms with Crippen molar-refractivity contribution in [1.29, 1.82) is 5.26 Å². The molecule has 0 aliphatic carbocycles. The second kappa shape index (κ2) is 9.38. The van der Waals surface area contributed by atoms with Crippen LogP contribution in [0, 0.1) is 17.2 Å². The van der Waals surface area contributed by atoms with Crippen LogP contribution in [0.2, 0.25) is 0 Å². The van der Waals surface area contributed by atoms with E-state index in [1.165, 1.54) is 0 Å². The summed E-state index contributed by atoms with van der Waals surface area (Å²) in [7, 11) is 0. The monoisotopic (exact) mass is 350 g/mol. The highest BCUT2D eigenvalue weighted by molar-refractivity contribution is 5.94. The van der Waals surface area contributed by atoms with Crippen molar-refractivity contribution in [2.75, 3.05) is 11.9 Å². The van der Waals surface area contributed by atoms with E-state index in [1.54, 1.807) is 24.3 Å². The summed E-state index contributed by atoms with van der Waals surface area (Å²) < 4.78 is 5.26. The molecule has 2 rings (SSSR count). The SMILES string of the molecule is CC[C@@H](C)[C@@H](C(=O)OCC(=O)Nc1ccccc1C#N)c1ccccc1. The first-order chi connectivity index (χ1) is 12.6. The Morgan fingerprint density at radius 1 is 1.12 bits per heavy atom. The van der Waals surface area contributed by atoms with Crippen LogP contribution in [0.4, 0.5) is 5.69 Å². The number of anilines is 1. The van der Waals surface area contributed by atoms with Crippen LogP contribution in [0.25, 0.3) is 0 Å². The number of hydrogen-bond donors (Lipinski definition) is 1. The van der Waals surface area contributed by atoms with Crippen LogP contribution in [0.1, 0.15) is 37.3 Å². The van der Waals surface area contributed by atoms with E-state index in [4.69, 9.17) is 10.00 Å². The number of nitrogens with zero attached hydrogens (tertiary/aromatic N) is 1. The Bertz CT molecular complexity index is 796. The van der Waals surface area contributed by atoms with E-state index >= 15 is 0 Å². The van der Waals surface area contributed by atoms with Crippen LogP contribution in [-0.4, -0.2) is 18.5 Å². The Morgan fingerprint density at radius 3 is 2.42 bits per heavy atom. The van der Waals surface area contributed by atoms with Crippen LogP contribution >= 0.6 is 0 Å². The zero-order chi connectivity index (χ0) is 18.9. The third kappa shape index (κ3) is 4.93. The van der Waals surface area contributed by atoms with Crippen molar-refractivity contribution in [1.82, 2.24) is 0 Å². The first kappa shape index (κ1) is 19.2. The lowest BCUT2D eigenvalue weighted by atomic mass is 9.86. The predicted octanol–water partition coefficient (Wildman–Crippen LogP) is 3.87. The van der Waals surface area contributed by atoms with Crippen molar-refractivity contribution in [3.63, 3.8) is 0 Å². The average Bonchev–Trinajstić information content (AvgIpc) is 2.67. The Balaban J connectivity index is 2.01. The van der Waals surface area contributed by atoms with Gasteiger partial charge in [-0.2, -0.15) is 5.26 Å². The molecule has 0 unspecified atom stereocenters. The summed E-state index contributed by atoms with van der Waals surface area (Å²) in [5.74, 6) is -1.22. The number of hydrogen-bond acceptors (Lipinski definition) is 4. The van der Waals surface area contributed by atoms with E-state index in [9.17, 15) is 9.59 Å². The molecule has 0 fully saturated rings. The largest absolute Gasteiger partial charge is 0.455 e. The highest BCUT2D eigenvalue weighted by atomic mass is 16.5. The van der Waals surface area contributed by atoms with Crippen LogP contribution in [0.15, 0.2) is 54.6 Å². The van der Waals surface area contributed by atoms with Gasteiger partial charge in [-0.05, 0) is 23.6 Å². The molecule has 1 amide bonds. The standard InChI is InChI=1S/C21H22N2O3/c1-3-15(2)20(16-9-5-4-6-10-16)21(25)26-14-19(24)23-18-12-8-7-11-17(18)13-22/h4-12,15,20H,3,14H2,1-2H3,(H,23,24)/t15-,20-/m1/s1. The number of esters is 1. The summed E-state index contributed by atoms with van der Waals surface area (Å²) in [5, 5.41) is 11.6. The quantitative estimate of drug-likeness (QED) is 0.769. The van der Waals surface area contributed by atoms with Crippen LogP contribution in [0.3, 0.4) is 0 Å². The van der Waals surface area contributed by atoms with Gasteiger partial charge in [0, 0.05) is 0 Å². The van der Waals surface area contributed by atoms with Gasteiger partial charge in [-0.25, -0.2) is 0 Å². The summed E-state index contributed by atoms with van der Waals surface area (Å²) in [6.07, 6.45) is 0.816. The molecule has 1 N–H and O–H groups in total. The van der Waals surface area contributed by atoms with E-state index in [0.717, 1.165) is 12.0 Å². The van der Waals surface area contributed by atoms with E-state index in [0.29, 0.717) is 11.3 Å². The van der Waals surface area contributed by atoms with E-state index < -0.39 is 24.4 Å². The summed E-state index contributed by atoms with van der Waals surface area (Å²) in [6, 6.07) is 18.1. The molecule has 0 bridgehead atoms. The van der Waals surface area contributed by atoms with E-state index in [2.05, 4.69) is 5.32 Å². The predicted molar refractivity (Wildman–Crippen MR) is 99.4 cm³/mol. The van der Waals surface area contributed by atoms with Gasteiger partial charge in [0.15, 0.2) is 6.61 Å². The van der Waals surface area contributed by atoms with Gasteiger partial charge in [-0.1, -0.05) is 62.7 Å². The van der Waals surface area contributed by atoms with Gasteiger partial charge < -0.3 is 10.1 Å². The summed E-state index contributed by atoms with van der Waals surface area (Å²) in [5.41, 5.74) is 1.63. The van der Waals surface area contributed by atoms with Gasteiger partial charge in [-0.3, -0.25) is 9.59 Å². The number of carbonyl (C=O) groups is 2. The molecule has 0 aliphatic heterocycles. The molecule has 0 radical (unpaired) electrons. The molecule has 0 spiro atoms. The first-order valence-electron chi connectivity index (χ1n) is 8.57. The summed E-state index contributed by atoms with van der Waals surface area (Å²) in [4.78, 5) is 24.7. The molecular formula is C21H22N2O3. The van der Waals surface area contributed by atoms with Crippen molar-refractivity contribution >= 4 is 17.6 Å². The Labute approximate surface area is 153 Å². The molecule has 0 saturated carbocycles. The third-order valence-electron chi connectivity index (χ3n) is 4.29. The van der Waals surface area contributed by atoms with E-state index in [-0.39, 0.29) is 5.92 Å². The Hall–Kier alpha value is -3.13. The maximum absolute atomic E-state index is 12.6. The number of benzene rings is 2. The molecule has 2 aromatic carbocycles. The summed E-state index contributed by atoms with van der Waals surface area (Å²) in [6.45, 7) is 3.61. The van der Waals surface area contributed by atoms with Crippen molar-refractivity contribution in [2.45, 2.75) is 26.2 Å². The third-order valence-corrected chi connectivity index (χ3v) is 4.29. The van der Waals surface area contributed by atoms with Gasteiger partial charge >= 0.3 is 5.97 Å². The molecule has 0 heterocycles. The van der Waals surface area contributed by atoms with Gasteiger partial charge in [0.1, 0.15) is 6.07 Å². The van der Waals surface area contributed by atoms with Gasteiger partial charge in [0.05, 0.1) is 17.2 Å². The molecule has 0 aliphatic rings. The number of carbonyl (C=O) groups excluding carboxylic acids is 2. The zero-order valence-electron chi connectivity index (χ0n) is 14.9. The number of nitriles is 1. The van der Waals surface area contributed by atoms with Crippen LogP contribution < -0.4 is 5.32 Å². The maximum atomic E-state index is 12.6. The molecule has 5 nitrogen and oxygen atoms in total. The lowest BCUT2D eigenvalue weighted by Crippen LogP contribution is -2.27. The minimum Gasteiger partial charge on any atom is -0.455 e. The highest BCUT2D eigenvalue weighted by Gasteiger charge is 2.27. The maximum Gasteiger partial charge on any atom is 0.314 e. The lowest BCUT2D eigenvalue weighted by Gasteiger charge is -2.21. The molecule has 134 valence electrons. The fourth-order valence-corrected chi connectivity index (χ4v) is 2.70. The normalized spacial score (nSPS) is 12.5. The molecule has 2 atom stereocenters. The minimum absolute atomic E-state index is 0.0901. The number of rotatable bonds is 7. The van der Waals surface area contributed by atoms with Crippen LogP contribution in [-0.2, 0) is 14.3 Å². The van der Waals surface area contributed by atoms with Crippen LogP contribution in [0.5, 0.6) is 0 Å². The fourth-order valence-electron chi connectivity index (χ4n) is 2.70.